The van der Waals surface area contributed by atoms with Crippen LogP contribution in [-0.4, -0.2) is 12.0 Å². The van der Waals surface area contributed by atoms with Gasteiger partial charge in [0.2, 0.25) is 0 Å². The minimum absolute atomic E-state index is 0.301. The maximum Gasteiger partial charge on any atom is 0.265 e. The van der Waals surface area contributed by atoms with Crippen LogP contribution >= 0.6 is 11.6 Å². The van der Waals surface area contributed by atoms with Crippen LogP contribution in [0.3, 0.4) is 0 Å². The average Bonchev–Trinajstić information content (AvgIpc) is 2.50. The maximum atomic E-state index is 12.0. The smallest absolute Gasteiger partial charge is 0.265 e. The molecular weight excluding hydrogens is 288 g/mol. The Bertz CT molecular complexity index is 677. The van der Waals surface area contributed by atoms with Gasteiger partial charge in [-0.1, -0.05) is 23.7 Å². The number of nitrogens with zero attached hydrogens (tertiary/aromatic N) is 1. The van der Waals surface area contributed by atoms with Gasteiger partial charge in [0.1, 0.15) is 11.8 Å². The zero-order valence-electron chi connectivity index (χ0n) is 11.3. The number of benzene rings is 2. The highest BCUT2D eigenvalue weighted by Gasteiger charge is 2.16. The first kappa shape index (κ1) is 14.9. The lowest BCUT2D eigenvalue weighted by Gasteiger charge is -2.15. The molecule has 2 aromatic rings. The molecule has 0 saturated carbocycles. The Labute approximate surface area is 127 Å². The first-order valence-electron chi connectivity index (χ1n) is 6.32. The van der Waals surface area contributed by atoms with Crippen molar-refractivity contribution in [3.05, 3.63) is 59.1 Å². The van der Waals surface area contributed by atoms with Crippen molar-refractivity contribution >= 4 is 23.2 Å². The predicted molar refractivity (Wildman–Crippen MR) is 81.3 cm³/mol. The molecular formula is C16H13ClN2O2. The monoisotopic (exact) mass is 300 g/mol. The molecule has 1 atom stereocenters. The number of hydrogen-bond donors (Lipinski definition) is 1. The second-order valence-corrected chi connectivity index (χ2v) is 4.80. The second kappa shape index (κ2) is 6.78. The van der Waals surface area contributed by atoms with Gasteiger partial charge in [0.05, 0.1) is 5.56 Å². The number of hydrogen-bond acceptors (Lipinski definition) is 3. The highest BCUT2D eigenvalue weighted by atomic mass is 35.5. The molecule has 0 heterocycles. The van der Waals surface area contributed by atoms with Crippen LogP contribution in [0.5, 0.6) is 5.75 Å². The molecule has 0 aliphatic rings. The Morgan fingerprint density at radius 3 is 2.57 bits per heavy atom. The first-order valence-corrected chi connectivity index (χ1v) is 6.70. The van der Waals surface area contributed by atoms with Gasteiger partial charge < -0.3 is 10.1 Å². The van der Waals surface area contributed by atoms with E-state index >= 15 is 0 Å². The van der Waals surface area contributed by atoms with Crippen molar-refractivity contribution in [1.82, 2.24) is 0 Å². The summed E-state index contributed by atoms with van der Waals surface area (Å²) >= 11 is 5.78. The van der Waals surface area contributed by atoms with Crippen LogP contribution in [0, 0.1) is 11.3 Å². The van der Waals surface area contributed by atoms with Gasteiger partial charge in [-0.05, 0) is 43.3 Å². The van der Waals surface area contributed by atoms with Gasteiger partial charge >= 0.3 is 0 Å². The van der Waals surface area contributed by atoms with Crippen LogP contribution in [0.1, 0.15) is 12.5 Å². The van der Waals surface area contributed by atoms with Gasteiger partial charge in [-0.15, -0.1) is 0 Å². The summed E-state index contributed by atoms with van der Waals surface area (Å²) < 4.78 is 5.53. The van der Waals surface area contributed by atoms with Crippen molar-refractivity contribution < 1.29 is 9.53 Å². The summed E-state index contributed by atoms with van der Waals surface area (Å²) in [4.78, 5) is 12.0. The van der Waals surface area contributed by atoms with Gasteiger partial charge in [0.25, 0.3) is 5.91 Å². The molecule has 0 fully saturated rings. The Balaban J connectivity index is 2.03. The fraction of sp³-hybridized carbons (Fsp3) is 0.125. The molecule has 106 valence electrons. The lowest BCUT2D eigenvalue weighted by atomic mass is 10.2. The van der Waals surface area contributed by atoms with E-state index in [0.717, 1.165) is 0 Å². The molecule has 4 nitrogen and oxygen atoms in total. The summed E-state index contributed by atoms with van der Waals surface area (Å²) in [6.07, 6.45) is -0.727. The highest BCUT2D eigenvalue weighted by molar-refractivity contribution is 6.30. The molecule has 2 aromatic carbocycles. The van der Waals surface area contributed by atoms with Gasteiger partial charge in [-0.25, -0.2) is 0 Å². The van der Waals surface area contributed by atoms with E-state index in [1.807, 2.05) is 6.07 Å². The minimum Gasteiger partial charge on any atom is -0.480 e. The molecule has 0 unspecified atom stereocenters. The van der Waals surface area contributed by atoms with Crippen LogP contribution in [0.15, 0.2) is 48.5 Å². The molecule has 2 rings (SSSR count). The van der Waals surface area contributed by atoms with Crippen LogP contribution in [0.2, 0.25) is 5.02 Å². The number of rotatable bonds is 4. The molecule has 0 bridgehead atoms. The molecule has 21 heavy (non-hydrogen) atoms. The van der Waals surface area contributed by atoms with E-state index < -0.39 is 6.10 Å². The zero-order valence-corrected chi connectivity index (χ0v) is 12.1. The molecule has 1 N–H and O–H groups in total. The molecule has 0 spiro atoms. The lowest BCUT2D eigenvalue weighted by molar-refractivity contribution is -0.122. The third-order valence-corrected chi connectivity index (χ3v) is 3.04. The second-order valence-electron chi connectivity index (χ2n) is 4.36. The van der Waals surface area contributed by atoms with Crippen molar-refractivity contribution in [1.29, 1.82) is 5.26 Å². The van der Waals surface area contributed by atoms with Gasteiger partial charge in [-0.3, -0.25) is 4.79 Å². The maximum absolute atomic E-state index is 12.0. The third-order valence-electron chi connectivity index (χ3n) is 2.79. The standard InChI is InChI=1S/C16H13ClN2O2/c1-11(21-15-5-3-2-4-12(15)10-18)16(20)19-14-8-6-13(17)7-9-14/h2-9,11H,1H3,(H,19,20)/t11-/m1/s1. The summed E-state index contributed by atoms with van der Waals surface area (Å²) in [5.74, 6) is 0.0869. The zero-order chi connectivity index (χ0) is 15.2. The van der Waals surface area contributed by atoms with Crippen LogP contribution in [-0.2, 0) is 4.79 Å². The van der Waals surface area contributed by atoms with E-state index in [0.29, 0.717) is 22.0 Å². The summed E-state index contributed by atoms with van der Waals surface area (Å²) in [6.45, 7) is 1.62. The number of ether oxygens (including phenoxy) is 1. The molecule has 0 aromatic heterocycles. The summed E-state index contributed by atoms with van der Waals surface area (Å²) in [7, 11) is 0. The van der Waals surface area contributed by atoms with Crippen molar-refractivity contribution in [2.24, 2.45) is 0 Å². The van der Waals surface area contributed by atoms with Crippen molar-refractivity contribution in [3.63, 3.8) is 0 Å². The van der Waals surface area contributed by atoms with Gasteiger partial charge in [0, 0.05) is 10.7 Å². The van der Waals surface area contributed by atoms with E-state index in [9.17, 15) is 4.79 Å². The van der Waals surface area contributed by atoms with Crippen LogP contribution in [0.25, 0.3) is 0 Å². The lowest BCUT2D eigenvalue weighted by Crippen LogP contribution is -2.30. The van der Waals surface area contributed by atoms with E-state index in [-0.39, 0.29) is 5.91 Å². The normalized spacial score (nSPS) is 11.3. The Morgan fingerprint density at radius 2 is 1.90 bits per heavy atom. The molecule has 0 radical (unpaired) electrons. The third kappa shape index (κ3) is 3.98. The number of amides is 1. The highest BCUT2D eigenvalue weighted by Crippen LogP contribution is 2.19. The quantitative estimate of drug-likeness (QED) is 0.938. The van der Waals surface area contributed by atoms with E-state index in [2.05, 4.69) is 5.32 Å². The van der Waals surface area contributed by atoms with E-state index in [1.165, 1.54) is 0 Å². The summed E-state index contributed by atoms with van der Waals surface area (Å²) in [5, 5.41) is 12.3. The largest absolute Gasteiger partial charge is 0.480 e. The van der Waals surface area contributed by atoms with E-state index in [1.54, 1.807) is 55.5 Å². The minimum atomic E-state index is -0.727. The molecule has 0 saturated heterocycles. The number of anilines is 1. The number of carbonyl (C=O) groups is 1. The van der Waals surface area contributed by atoms with Crippen molar-refractivity contribution in [3.8, 4) is 11.8 Å². The molecule has 0 aliphatic carbocycles. The van der Waals surface area contributed by atoms with Crippen molar-refractivity contribution in [2.45, 2.75) is 13.0 Å². The number of nitriles is 1. The molecule has 0 aliphatic heterocycles. The van der Waals surface area contributed by atoms with Gasteiger partial charge in [-0.2, -0.15) is 5.26 Å². The fourth-order valence-corrected chi connectivity index (χ4v) is 1.81. The summed E-state index contributed by atoms with van der Waals surface area (Å²) in [6, 6.07) is 15.6. The number of nitrogens with one attached hydrogen (secondary N) is 1. The number of halogens is 1. The van der Waals surface area contributed by atoms with Crippen LogP contribution < -0.4 is 10.1 Å². The SMILES string of the molecule is C[C@@H](Oc1ccccc1C#N)C(=O)Nc1ccc(Cl)cc1. The average molecular weight is 301 g/mol. The number of carbonyl (C=O) groups excluding carboxylic acids is 1. The topological polar surface area (TPSA) is 62.1 Å². The first-order chi connectivity index (χ1) is 10.1. The van der Waals surface area contributed by atoms with Crippen molar-refractivity contribution in [2.75, 3.05) is 5.32 Å². The molecule has 1 amide bonds. The Kier molecular flexibility index (Phi) is 4.81. The Morgan fingerprint density at radius 1 is 1.24 bits per heavy atom. The number of para-hydroxylation sites is 1. The predicted octanol–water partition coefficient (Wildman–Crippen LogP) is 3.62. The van der Waals surface area contributed by atoms with E-state index in [4.69, 9.17) is 21.6 Å². The van der Waals surface area contributed by atoms with Crippen LogP contribution in [0.4, 0.5) is 5.69 Å². The Hall–Kier alpha value is -2.51. The van der Waals surface area contributed by atoms with Gasteiger partial charge in [0.15, 0.2) is 6.10 Å². The molecule has 5 heteroatoms. The fourth-order valence-electron chi connectivity index (χ4n) is 1.68. The summed E-state index contributed by atoms with van der Waals surface area (Å²) in [5.41, 5.74) is 1.03.